The predicted molar refractivity (Wildman–Crippen MR) is 76.3 cm³/mol. The van der Waals surface area contributed by atoms with E-state index in [0.717, 1.165) is 24.8 Å². The Morgan fingerprint density at radius 2 is 2.00 bits per heavy atom. The van der Waals surface area contributed by atoms with Crippen LogP contribution in [0.4, 0.5) is 13.2 Å². The predicted octanol–water partition coefficient (Wildman–Crippen LogP) is 4.54. The first-order valence-corrected chi connectivity index (χ1v) is 7.45. The van der Waals surface area contributed by atoms with E-state index in [4.69, 9.17) is 14.2 Å². The maximum Gasteiger partial charge on any atom is 0.392 e. The summed E-state index contributed by atoms with van der Waals surface area (Å²) < 4.78 is 53.3. The molecule has 6 heteroatoms. The molecule has 0 aromatic heterocycles. The minimum Gasteiger partial charge on any atom is -0.493 e. The summed E-state index contributed by atoms with van der Waals surface area (Å²) in [6.07, 6.45) is -2.59. The molecule has 22 heavy (non-hydrogen) atoms. The van der Waals surface area contributed by atoms with Gasteiger partial charge in [0, 0.05) is 12.0 Å². The number of hydrogen-bond donors (Lipinski definition) is 0. The van der Waals surface area contributed by atoms with Gasteiger partial charge in [0.15, 0.2) is 6.29 Å². The lowest BCUT2D eigenvalue weighted by atomic mass is 10.1. The molecule has 1 unspecified atom stereocenters. The molecule has 3 nitrogen and oxygen atoms in total. The Bertz CT molecular complexity index is 494. The van der Waals surface area contributed by atoms with Crippen molar-refractivity contribution in [3.8, 4) is 11.5 Å². The fourth-order valence-corrected chi connectivity index (χ4v) is 2.36. The molecule has 0 bridgehead atoms. The largest absolute Gasteiger partial charge is 0.493 e. The zero-order valence-electron chi connectivity index (χ0n) is 12.8. The first kappa shape index (κ1) is 16.9. The quantitative estimate of drug-likeness (QED) is 0.798. The maximum atomic E-state index is 12.2. The lowest BCUT2D eigenvalue weighted by Crippen LogP contribution is -2.25. The van der Waals surface area contributed by atoms with Gasteiger partial charge >= 0.3 is 6.18 Å². The first-order chi connectivity index (χ1) is 10.4. The lowest BCUT2D eigenvalue weighted by Gasteiger charge is -2.25. The molecule has 1 aromatic rings. The summed E-state index contributed by atoms with van der Waals surface area (Å²) in [5, 5.41) is 0. The summed E-state index contributed by atoms with van der Waals surface area (Å²) in [6.45, 7) is 3.95. The molecule has 1 aliphatic rings. The lowest BCUT2D eigenvalue weighted by molar-refractivity contribution is -0.139. The zero-order chi connectivity index (χ0) is 16.2. The van der Waals surface area contributed by atoms with Crippen molar-refractivity contribution in [3.05, 3.63) is 23.3 Å². The summed E-state index contributed by atoms with van der Waals surface area (Å²) in [7, 11) is 0. The van der Waals surface area contributed by atoms with Crippen molar-refractivity contribution in [3.63, 3.8) is 0 Å². The van der Waals surface area contributed by atoms with Crippen molar-refractivity contribution in [1.29, 1.82) is 0 Å². The molecule has 2 rings (SSSR count). The van der Waals surface area contributed by atoms with Crippen molar-refractivity contribution < 1.29 is 27.4 Å². The van der Waals surface area contributed by atoms with Crippen molar-refractivity contribution in [2.24, 2.45) is 0 Å². The van der Waals surface area contributed by atoms with Crippen LogP contribution in [-0.4, -0.2) is 25.7 Å². The van der Waals surface area contributed by atoms with Gasteiger partial charge in [0.1, 0.15) is 11.5 Å². The summed E-state index contributed by atoms with van der Waals surface area (Å²) in [6, 6.07) is 3.46. The minimum absolute atomic E-state index is 0.295. The molecule has 1 aromatic carbocycles. The van der Waals surface area contributed by atoms with E-state index in [0.29, 0.717) is 23.7 Å². The Balaban J connectivity index is 2.04. The monoisotopic (exact) mass is 318 g/mol. The highest BCUT2D eigenvalue weighted by Crippen LogP contribution is 2.33. The van der Waals surface area contributed by atoms with Crippen LogP contribution in [0.5, 0.6) is 11.5 Å². The number of hydrogen-bond acceptors (Lipinski definition) is 3. The fourth-order valence-electron chi connectivity index (χ4n) is 2.36. The Labute approximate surface area is 128 Å². The SMILES string of the molecule is Cc1ccc(OCCC(F)(F)F)c(C)c1OC1CCCCO1. The van der Waals surface area contributed by atoms with Crippen LogP contribution in [-0.2, 0) is 4.74 Å². The van der Waals surface area contributed by atoms with Gasteiger partial charge in [0.2, 0.25) is 0 Å². The van der Waals surface area contributed by atoms with Crippen LogP contribution in [0.3, 0.4) is 0 Å². The Morgan fingerprint density at radius 3 is 2.64 bits per heavy atom. The van der Waals surface area contributed by atoms with Gasteiger partial charge in [-0.15, -0.1) is 0 Å². The number of benzene rings is 1. The van der Waals surface area contributed by atoms with Crippen molar-refractivity contribution in [2.45, 2.75) is 52.0 Å². The van der Waals surface area contributed by atoms with Gasteiger partial charge < -0.3 is 14.2 Å². The number of rotatable bonds is 5. The standard InChI is InChI=1S/C16H21F3O3/c1-11-6-7-13(20-10-8-16(17,18)19)12(2)15(11)22-14-5-3-4-9-21-14/h6-7,14H,3-5,8-10H2,1-2H3. The second-order valence-corrected chi connectivity index (χ2v) is 5.46. The van der Waals surface area contributed by atoms with Crippen LogP contribution in [0.25, 0.3) is 0 Å². The van der Waals surface area contributed by atoms with Crippen molar-refractivity contribution in [2.75, 3.05) is 13.2 Å². The Hall–Kier alpha value is -1.43. The average molecular weight is 318 g/mol. The highest BCUT2D eigenvalue weighted by Gasteiger charge is 2.27. The van der Waals surface area contributed by atoms with E-state index >= 15 is 0 Å². The van der Waals surface area contributed by atoms with E-state index in [1.807, 2.05) is 6.92 Å². The number of ether oxygens (including phenoxy) is 3. The maximum absolute atomic E-state index is 12.2. The van der Waals surface area contributed by atoms with E-state index in [-0.39, 0.29) is 6.29 Å². The second-order valence-electron chi connectivity index (χ2n) is 5.46. The molecule has 1 saturated heterocycles. The van der Waals surface area contributed by atoms with Crippen LogP contribution >= 0.6 is 0 Å². The molecule has 0 radical (unpaired) electrons. The zero-order valence-corrected chi connectivity index (χ0v) is 12.8. The first-order valence-electron chi connectivity index (χ1n) is 7.45. The molecule has 0 saturated carbocycles. The summed E-state index contributed by atoms with van der Waals surface area (Å²) in [4.78, 5) is 0. The Morgan fingerprint density at radius 1 is 1.23 bits per heavy atom. The molecular formula is C16H21F3O3. The smallest absolute Gasteiger partial charge is 0.392 e. The fraction of sp³-hybridized carbons (Fsp3) is 0.625. The molecule has 1 fully saturated rings. The van der Waals surface area contributed by atoms with E-state index in [1.165, 1.54) is 0 Å². The third-order valence-electron chi connectivity index (χ3n) is 3.58. The van der Waals surface area contributed by atoms with Crippen LogP contribution in [0, 0.1) is 13.8 Å². The van der Waals surface area contributed by atoms with Gasteiger partial charge in [-0.25, -0.2) is 0 Å². The summed E-state index contributed by atoms with van der Waals surface area (Å²) >= 11 is 0. The third-order valence-corrected chi connectivity index (χ3v) is 3.58. The van der Waals surface area contributed by atoms with Gasteiger partial charge in [0.05, 0.1) is 19.6 Å². The van der Waals surface area contributed by atoms with Crippen LogP contribution in [0.15, 0.2) is 12.1 Å². The van der Waals surface area contributed by atoms with Crippen LogP contribution in [0.1, 0.15) is 36.8 Å². The van der Waals surface area contributed by atoms with Gasteiger partial charge in [-0.05, 0) is 38.3 Å². The average Bonchev–Trinajstić information content (AvgIpc) is 2.46. The molecule has 0 spiro atoms. The van der Waals surface area contributed by atoms with E-state index in [9.17, 15) is 13.2 Å². The summed E-state index contributed by atoms with van der Waals surface area (Å²) in [5.74, 6) is 1.05. The topological polar surface area (TPSA) is 27.7 Å². The normalized spacial score (nSPS) is 19.0. The van der Waals surface area contributed by atoms with Gasteiger partial charge in [-0.1, -0.05) is 6.07 Å². The van der Waals surface area contributed by atoms with E-state index in [2.05, 4.69) is 0 Å². The molecular weight excluding hydrogens is 297 g/mol. The molecule has 0 aliphatic carbocycles. The van der Waals surface area contributed by atoms with Crippen molar-refractivity contribution >= 4 is 0 Å². The Kier molecular flexibility index (Phi) is 5.56. The molecule has 0 amide bonds. The highest BCUT2D eigenvalue weighted by molar-refractivity contribution is 5.48. The van der Waals surface area contributed by atoms with Gasteiger partial charge in [-0.2, -0.15) is 13.2 Å². The van der Waals surface area contributed by atoms with Crippen LogP contribution in [0.2, 0.25) is 0 Å². The van der Waals surface area contributed by atoms with E-state index < -0.39 is 19.2 Å². The molecule has 1 atom stereocenters. The third kappa shape index (κ3) is 4.80. The highest BCUT2D eigenvalue weighted by atomic mass is 19.4. The van der Waals surface area contributed by atoms with Crippen LogP contribution < -0.4 is 9.47 Å². The van der Waals surface area contributed by atoms with Gasteiger partial charge in [0.25, 0.3) is 0 Å². The molecule has 0 N–H and O–H groups in total. The van der Waals surface area contributed by atoms with E-state index in [1.54, 1.807) is 19.1 Å². The molecule has 124 valence electrons. The second kappa shape index (κ2) is 7.22. The van der Waals surface area contributed by atoms with Gasteiger partial charge in [-0.3, -0.25) is 0 Å². The van der Waals surface area contributed by atoms with Crippen molar-refractivity contribution in [1.82, 2.24) is 0 Å². The summed E-state index contributed by atoms with van der Waals surface area (Å²) in [5.41, 5.74) is 1.62. The number of aryl methyl sites for hydroxylation is 1. The number of alkyl halides is 3. The number of halogens is 3. The molecule has 1 heterocycles. The minimum atomic E-state index is -4.21. The molecule has 1 aliphatic heterocycles.